The normalized spacial score (nSPS) is 15.4. The van der Waals surface area contributed by atoms with E-state index in [1.165, 1.54) is 0 Å². The highest BCUT2D eigenvalue weighted by molar-refractivity contribution is 5.79. The summed E-state index contributed by atoms with van der Waals surface area (Å²) in [6, 6.07) is -1.16. The van der Waals surface area contributed by atoms with Crippen LogP contribution in [0.3, 0.4) is 0 Å². The molecule has 0 fully saturated rings. The van der Waals surface area contributed by atoms with E-state index in [-0.39, 0.29) is 11.9 Å². The molecule has 0 amide bonds. The highest BCUT2D eigenvalue weighted by Crippen LogP contribution is 2.16. The number of rotatable bonds is 6. The topological polar surface area (TPSA) is 81.9 Å². The van der Waals surface area contributed by atoms with Crippen molar-refractivity contribution in [2.24, 2.45) is 5.73 Å². The molecule has 0 rings (SSSR count). The van der Waals surface area contributed by atoms with E-state index in [9.17, 15) is 9.59 Å². The van der Waals surface area contributed by atoms with Crippen molar-refractivity contribution >= 4 is 11.9 Å². The molecule has 0 aromatic heterocycles. The number of ether oxygens (including phenoxy) is 2. The standard InChI is InChI=1S/C16H32N2O4/c1-11(13(19)21-15(3,4)5)18(10-9-17)12(2)14(20)22-16(6,7)8/h11-12H,9-10,17H2,1-8H3. The first-order chi connectivity index (χ1) is 9.78. The fraction of sp³-hybridized carbons (Fsp3) is 0.875. The minimum absolute atomic E-state index is 0.334. The molecule has 0 radical (unpaired) electrons. The van der Waals surface area contributed by atoms with Gasteiger partial charge in [0.1, 0.15) is 23.3 Å². The van der Waals surface area contributed by atoms with Crippen molar-refractivity contribution in [3.63, 3.8) is 0 Å². The van der Waals surface area contributed by atoms with Crippen LogP contribution in [0.5, 0.6) is 0 Å². The van der Waals surface area contributed by atoms with E-state index in [1.807, 2.05) is 41.5 Å². The van der Waals surface area contributed by atoms with Gasteiger partial charge in [-0.25, -0.2) is 0 Å². The quantitative estimate of drug-likeness (QED) is 0.751. The van der Waals surface area contributed by atoms with Gasteiger partial charge in [-0.2, -0.15) is 0 Å². The van der Waals surface area contributed by atoms with E-state index in [2.05, 4.69) is 0 Å². The number of hydrogen-bond donors (Lipinski definition) is 1. The lowest BCUT2D eigenvalue weighted by Gasteiger charge is -2.34. The fourth-order valence-electron chi connectivity index (χ4n) is 1.92. The third kappa shape index (κ3) is 7.75. The van der Waals surface area contributed by atoms with Gasteiger partial charge in [0.05, 0.1) is 0 Å². The Bertz CT molecular complexity index is 349. The minimum atomic E-state index is -0.578. The predicted molar refractivity (Wildman–Crippen MR) is 86.4 cm³/mol. The Kier molecular flexibility index (Phi) is 7.51. The number of nitrogens with two attached hydrogens (primary N) is 1. The monoisotopic (exact) mass is 316 g/mol. The molecule has 2 unspecified atom stereocenters. The average molecular weight is 316 g/mol. The molecule has 0 aromatic carbocycles. The summed E-state index contributed by atoms with van der Waals surface area (Å²) in [7, 11) is 0. The third-order valence-electron chi connectivity index (χ3n) is 2.88. The Morgan fingerprint density at radius 1 is 0.909 bits per heavy atom. The molecule has 0 bridgehead atoms. The summed E-state index contributed by atoms with van der Waals surface area (Å²) in [6.45, 7) is 15.0. The third-order valence-corrected chi connectivity index (χ3v) is 2.88. The number of nitrogens with zero attached hydrogens (tertiary/aromatic N) is 1. The number of carbonyl (C=O) groups excluding carboxylic acids is 2. The summed E-state index contributed by atoms with van der Waals surface area (Å²) in [5.41, 5.74) is 4.46. The summed E-state index contributed by atoms with van der Waals surface area (Å²) < 4.78 is 10.8. The van der Waals surface area contributed by atoms with Crippen LogP contribution >= 0.6 is 0 Å². The maximum Gasteiger partial charge on any atom is 0.323 e. The summed E-state index contributed by atoms with van der Waals surface area (Å²) in [6.07, 6.45) is 0. The van der Waals surface area contributed by atoms with Crippen LogP contribution in [0.1, 0.15) is 55.4 Å². The Balaban J connectivity index is 5.04. The van der Waals surface area contributed by atoms with Gasteiger partial charge in [0.15, 0.2) is 0 Å². The number of esters is 2. The summed E-state index contributed by atoms with van der Waals surface area (Å²) in [4.78, 5) is 26.2. The van der Waals surface area contributed by atoms with E-state index in [1.54, 1.807) is 18.7 Å². The fourth-order valence-corrected chi connectivity index (χ4v) is 1.92. The molecule has 6 nitrogen and oxygen atoms in total. The van der Waals surface area contributed by atoms with Crippen molar-refractivity contribution in [3.8, 4) is 0 Å². The summed E-state index contributed by atoms with van der Waals surface area (Å²) in [5.74, 6) is -0.757. The molecular weight excluding hydrogens is 284 g/mol. The molecule has 0 aliphatic rings. The maximum absolute atomic E-state index is 12.2. The Hall–Kier alpha value is -1.14. The Morgan fingerprint density at radius 2 is 1.23 bits per heavy atom. The maximum atomic E-state index is 12.2. The number of hydrogen-bond acceptors (Lipinski definition) is 6. The second-order valence-corrected chi connectivity index (χ2v) is 7.45. The van der Waals surface area contributed by atoms with Gasteiger partial charge < -0.3 is 15.2 Å². The van der Waals surface area contributed by atoms with Crippen LogP contribution in [0.25, 0.3) is 0 Å². The van der Waals surface area contributed by atoms with Crippen molar-refractivity contribution in [2.45, 2.75) is 78.7 Å². The lowest BCUT2D eigenvalue weighted by Crippen LogP contribution is -2.52. The largest absolute Gasteiger partial charge is 0.459 e. The van der Waals surface area contributed by atoms with E-state index >= 15 is 0 Å². The highest BCUT2D eigenvalue weighted by Gasteiger charge is 2.34. The van der Waals surface area contributed by atoms with Gasteiger partial charge in [0.2, 0.25) is 0 Å². The van der Waals surface area contributed by atoms with Crippen LogP contribution in [-0.4, -0.2) is 53.2 Å². The number of carbonyl (C=O) groups is 2. The lowest BCUT2D eigenvalue weighted by atomic mass is 10.1. The van der Waals surface area contributed by atoms with E-state index in [0.29, 0.717) is 13.1 Å². The lowest BCUT2D eigenvalue weighted by molar-refractivity contribution is -0.167. The van der Waals surface area contributed by atoms with Gasteiger partial charge in [-0.05, 0) is 55.4 Å². The zero-order chi connectivity index (χ0) is 17.7. The first-order valence-electron chi connectivity index (χ1n) is 7.70. The van der Waals surface area contributed by atoms with Crippen LogP contribution in [0, 0.1) is 0 Å². The predicted octanol–water partition coefficient (Wildman–Crippen LogP) is 1.71. The van der Waals surface area contributed by atoms with Crippen LogP contribution in [0.15, 0.2) is 0 Å². The molecule has 2 N–H and O–H groups in total. The Morgan fingerprint density at radius 3 is 1.45 bits per heavy atom. The van der Waals surface area contributed by atoms with Crippen molar-refractivity contribution in [1.29, 1.82) is 0 Å². The van der Waals surface area contributed by atoms with E-state index in [4.69, 9.17) is 15.2 Å². The van der Waals surface area contributed by atoms with Gasteiger partial charge >= 0.3 is 11.9 Å². The van der Waals surface area contributed by atoms with Crippen molar-refractivity contribution in [3.05, 3.63) is 0 Å². The summed E-state index contributed by atoms with van der Waals surface area (Å²) in [5, 5.41) is 0. The SMILES string of the molecule is CC(C(=O)OC(C)(C)C)N(CCN)C(C)C(=O)OC(C)(C)C. The highest BCUT2D eigenvalue weighted by atomic mass is 16.6. The van der Waals surface area contributed by atoms with Gasteiger partial charge in [-0.3, -0.25) is 14.5 Å². The molecule has 0 saturated heterocycles. The molecule has 22 heavy (non-hydrogen) atoms. The van der Waals surface area contributed by atoms with Crippen LogP contribution in [-0.2, 0) is 19.1 Å². The molecular formula is C16H32N2O4. The molecule has 0 aliphatic heterocycles. The minimum Gasteiger partial charge on any atom is -0.459 e. The van der Waals surface area contributed by atoms with Crippen LogP contribution < -0.4 is 5.73 Å². The van der Waals surface area contributed by atoms with E-state index < -0.39 is 23.3 Å². The molecule has 130 valence electrons. The van der Waals surface area contributed by atoms with Crippen molar-refractivity contribution in [1.82, 2.24) is 4.90 Å². The van der Waals surface area contributed by atoms with E-state index in [0.717, 1.165) is 0 Å². The molecule has 0 heterocycles. The van der Waals surface area contributed by atoms with Crippen LogP contribution in [0.2, 0.25) is 0 Å². The van der Waals surface area contributed by atoms with Gasteiger partial charge in [0, 0.05) is 13.1 Å². The summed E-state index contributed by atoms with van der Waals surface area (Å²) >= 11 is 0. The molecule has 2 atom stereocenters. The first kappa shape index (κ1) is 20.9. The Labute approximate surface area is 134 Å². The van der Waals surface area contributed by atoms with Gasteiger partial charge in [0.25, 0.3) is 0 Å². The second-order valence-electron chi connectivity index (χ2n) is 7.45. The average Bonchev–Trinajstić information content (AvgIpc) is 2.30. The van der Waals surface area contributed by atoms with Gasteiger partial charge in [-0.1, -0.05) is 0 Å². The zero-order valence-corrected chi connectivity index (χ0v) is 15.2. The smallest absolute Gasteiger partial charge is 0.323 e. The van der Waals surface area contributed by atoms with Crippen molar-refractivity contribution in [2.75, 3.05) is 13.1 Å². The van der Waals surface area contributed by atoms with Crippen molar-refractivity contribution < 1.29 is 19.1 Å². The molecule has 0 saturated carbocycles. The molecule has 6 heteroatoms. The van der Waals surface area contributed by atoms with Crippen LogP contribution in [0.4, 0.5) is 0 Å². The molecule has 0 aliphatic carbocycles. The first-order valence-corrected chi connectivity index (χ1v) is 7.70. The van der Waals surface area contributed by atoms with Gasteiger partial charge in [-0.15, -0.1) is 0 Å². The second kappa shape index (κ2) is 7.92. The molecule has 0 aromatic rings. The molecule has 0 spiro atoms. The zero-order valence-electron chi connectivity index (χ0n) is 15.2.